The molecule has 21 heavy (non-hydrogen) atoms. The number of hydrogen-bond donors (Lipinski definition) is 0. The number of ether oxygens (including phenoxy) is 1. The van der Waals surface area contributed by atoms with Crippen molar-refractivity contribution in [1.82, 2.24) is 14.5 Å². The van der Waals surface area contributed by atoms with Crippen molar-refractivity contribution in [2.45, 2.75) is 58.1 Å². The molecule has 1 aromatic rings. The van der Waals surface area contributed by atoms with Crippen molar-refractivity contribution in [3.05, 3.63) is 17.7 Å². The molecule has 4 nitrogen and oxygen atoms in total. The third-order valence-electron chi connectivity index (χ3n) is 5.25. The van der Waals surface area contributed by atoms with E-state index in [1.807, 2.05) is 6.20 Å². The van der Waals surface area contributed by atoms with E-state index in [1.54, 1.807) is 0 Å². The van der Waals surface area contributed by atoms with Gasteiger partial charge in [0.15, 0.2) is 0 Å². The van der Waals surface area contributed by atoms with E-state index in [1.165, 1.54) is 44.2 Å². The van der Waals surface area contributed by atoms with Crippen LogP contribution in [-0.2, 0) is 18.3 Å². The molecule has 1 saturated carbocycles. The molecule has 0 aromatic carbocycles. The largest absolute Gasteiger partial charge is 0.376 e. The first-order chi connectivity index (χ1) is 10.2. The number of aryl methyl sites for hydroxylation is 1. The van der Waals surface area contributed by atoms with Crippen LogP contribution in [0.1, 0.15) is 50.0 Å². The van der Waals surface area contributed by atoms with Crippen LogP contribution in [0.25, 0.3) is 0 Å². The average molecular weight is 291 g/mol. The third kappa shape index (κ3) is 3.86. The summed E-state index contributed by atoms with van der Waals surface area (Å²) < 4.78 is 8.22. The molecule has 1 aliphatic carbocycles. The smallest absolute Gasteiger partial charge is 0.105 e. The first kappa shape index (κ1) is 15.0. The average Bonchev–Trinajstić information content (AvgIpc) is 2.81. The van der Waals surface area contributed by atoms with Crippen LogP contribution in [0.3, 0.4) is 0 Å². The normalized spacial score (nSPS) is 25.3. The molecule has 0 amide bonds. The molecule has 1 atom stereocenters. The first-order valence-corrected chi connectivity index (χ1v) is 8.53. The number of hydrogen-bond acceptors (Lipinski definition) is 3. The van der Waals surface area contributed by atoms with E-state index in [9.17, 15) is 0 Å². The maximum atomic E-state index is 6.02. The highest BCUT2D eigenvalue weighted by Gasteiger charge is 2.25. The van der Waals surface area contributed by atoms with Crippen molar-refractivity contribution < 1.29 is 4.74 Å². The number of morpholine rings is 1. The Balaban J connectivity index is 1.51. The van der Waals surface area contributed by atoms with Gasteiger partial charge in [0.1, 0.15) is 5.82 Å². The number of imidazole rings is 1. The summed E-state index contributed by atoms with van der Waals surface area (Å²) in [6, 6.07) is 0. The molecule has 0 bridgehead atoms. The first-order valence-electron chi connectivity index (χ1n) is 8.53. The molecular weight excluding hydrogens is 262 g/mol. The van der Waals surface area contributed by atoms with Crippen LogP contribution < -0.4 is 0 Å². The topological polar surface area (TPSA) is 30.3 Å². The minimum Gasteiger partial charge on any atom is -0.376 e. The van der Waals surface area contributed by atoms with E-state index in [-0.39, 0.29) is 0 Å². The van der Waals surface area contributed by atoms with Crippen LogP contribution in [0.4, 0.5) is 0 Å². The Bertz CT molecular complexity index is 451. The van der Waals surface area contributed by atoms with Crippen LogP contribution in [-0.4, -0.2) is 40.3 Å². The molecule has 0 N–H and O–H groups in total. The van der Waals surface area contributed by atoms with Crippen molar-refractivity contribution in [2.75, 3.05) is 19.7 Å². The van der Waals surface area contributed by atoms with Crippen molar-refractivity contribution in [2.24, 2.45) is 13.0 Å². The molecule has 2 fully saturated rings. The highest BCUT2D eigenvalue weighted by atomic mass is 16.5. The minimum absolute atomic E-state index is 0.441. The molecule has 0 unspecified atom stereocenters. The lowest BCUT2D eigenvalue weighted by Crippen LogP contribution is -2.43. The molecule has 118 valence electrons. The second kappa shape index (κ2) is 6.93. The highest BCUT2D eigenvalue weighted by molar-refractivity contribution is 5.03. The van der Waals surface area contributed by atoms with Gasteiger partial charge in [0, 0.05) is 32.9 Å². The van der Waals surface area contributed by atoms with Crippen molar-refractivity contribution in [3.8, 4) is 0 Å². The zero-order chi connectivity index (χ0) is 14.7. The molecule has 1 saturated heterocycles. The maximum absolute atomic E-state index is 6.02. The van der Waals surface area contributed by atoms with Crippen molar-refractivity contribution in [3.63, 3.8) is 0 Å². The summed E-state index contributed by atoms with van der Waals surface area (Å²) in [4.78, 5) is 6.93. The fourth-order valence-electron chi connectivity index (χ4n) is 3.79. The summed E-state index contributed by atoms with van der Waals surface area (Å²) in [6.07, 6.45) is 10.8. The predicted octanol–water partition coefficient (Wildman–Crippen LogP) is 2.90. The Kier molecular flexibility index (Phi) is 4.96. The SMILES string of the molecule is Cc1ncc(CN2CCO[C@H](CC3CCCCC3)C2)n1C. The molecule has 3 rings (SSSR count). The molecule has 0 spiro atoms. The van der Waals surface area contributed by atoms with Crippen LogP contribution in [0.5, 0.6) is 0 Å². The van der Waals surface area contributed by atoms with Crippen LogP contribution >= 0.6 is 0 Å². The highest BCUT2D eigenvalue weighted by Crippen LogP contribution is 2.29. The van der Waals surface area contributed by atoms with Gasteiger partial charge in [0.2, 0.25) is 0 Å². The van der Waals surface area contributed by atoms with Gasteiger partial charge in [-0.2, -0.15) is 0 Å². The molecule has 0 radical (unpaired) electrons. The van der Waals surface area contributed by atoms with Gasteiger partial charge in [0.25, 0.3) is 0 Å². The zero-order valence-corrected chi connectivity index (χ0v) is 13.6. The van der Waals surface area contributed by atoms with Gasteiger partial charge >= 0.3 is 0 Å². The fraction of sp³-hybridized carbons (Fsp3) is 0.824. The monoisotopic (exact) mass is 291 g/mol. The molecule has 4 heteroatoms. The predicted molar refractivity (Wildman–Crippen MR) is 84.2 cm³/mol. The van der Waals surface area contributed by atoms with Crippen LogP contribution in [0, 0.1) is 12.8 Å². The Morgan fingerprint density at radius 1 is 1.29 bits per heavy atom. The lowest BCUT2D eigenvalue weighted by atomic mass is 9.85. The van der Waals surface area contributed by atoms with E-state index in [2.05, 4.69) is 28.4 Å². The molecule has 2 aliphatic rings. The van der Waals surface area contributed by atoms with Gasteiger partial charge in [-0.1, -0.05) is 32.1 Å². The Hall–Kier alpha value is -0.870. The Labute approximate surface area is 128 Å². The molecule has 1 aromatic heterocycles. The second-order valence-corrected chi connectivity index (χ2v) is 6.82. The van der Waals surface area contributed by atoms with Crippen molar-refractivity contribution in [1.29, 1.82) is 0 Å². The van der Waals surface area contributed by atoms with E-state index < -0.39 is 0 Å². The van der Waals surface area contributed by atoms with Crippen LogP contribution in [0.15, 0.2) is 6.20 Å². The van der Waals surface area contributed by atoms with Gasteiger partial charge in [-0.25, -0.2) is 4.98 Å². The number of nitrogens with zero attached hydrogens (tertiary/aromatic N) is 3. The lowest BCUT2D eigenvalue weighted by molar-refractivity contribution is -0.0444. The van der Waals surface area contributed by atoms with Gasteiger partial charge in [-0.15, -0.1) is 0 Å². The van der Waals surface area contributed by atoms with Crippen molar-refractivity contribution >= 4 is 0 Å². The Morgan fingerprint density at radius 2 is 2.10 bits per heavy atom. The van der Waals surface area contributed by atoms with Gasteiger partial charge < -0.3 is 9.30 Å². The number of aromatic nitrogens is 2. The van der Waals surface area contributed by atoms with Crippen LogP contribution in [0.2, 0.25) is 0 Å². The lowest BCUT2D eigenvalue weighted by Gasteiger charge is -2.35. The van der Waals surface area contributed by atoms with E-state index in [0.717, 1.165) is 38.0 Å². The quantitative estimate of drug-likeness (QED) is 0.854. The fourth-order valence-corrected chi connectivity index (χ4v) is 3.79. The van der Waals surface area contributed by atoms with E-state index in [4.69, 9.17) is 4.74 Å². The van der Waals surface area contributed by atoms with E-state index in [0.29, 0.717) is 6.10 Å². The van der Waals surface area contributed by atoms with Gasteiger partial charge in [-0.3, -0.25) is 4.90 Å². The van der Waals surface area contributed by atoms with Gasteiger partial charge in [0.05, 0.1) is 18.4 Å². The minimum atomic E-state index is 0.441. The van der Waals surface area contributed by atoms with E-state index >= 15 is 0 Å². The Morgan fingerprint density at radius 3 is 2.81 bits per heavy atom. The molecule has 1 aliphatic heterocycles. The van der Waals surface area contributed by atoms with Gasteiger partial charge in [-0.05, 0) is 19.3 Å². The maximum Gasteiger partial charge on any atom is 0.105 e. The summed E-state index contributed by atoms with van der Waals surface area (Å²) in [5.41, 5.74) is 1.31. The second-order valence-electron chi connectivity index (χ2n) is 6.82. The molecular formula is C17H29N3O. The third-order valence-corrected chi connectivity index (χ3v) is 5.25. The summed E-state index contributed by atoms with van der Waals surface area (Å²) in [6.45, 7) is 6.08. The summed E-state index contributed by atoms with van der Waals surface area (Å²) in [7, 11) is 2.11. The summed E-state index contributed by atoms with van der Waals surface area (Å²) in [5, 5.41) is 0. The zero-order valence-electron chi connectivity index (χ0n) is 13.6. The summed E-state index contributed by atoms with van der Waals surface area (Å²) >= 11 is 0. The standard InChI is InChI=1S/C17H29N3O/c1-14-18-11-16(19(14)2)12-20-8-9-21-17(13-20)10-15-6-4-3-5-7-15/h11,15,17H,3-10,12-13H2,1-2H3/t17-/m1/s1. The summed E-state index contributed by atoms with van der Waals surface area (Å²) in [5.74, 6) is 2.00. The molecule has 2 heterocycles. The number of rotatable bonds is 4.